The highest BCUT2D eigenvalue weighted by molar-refractivity contribution is 5.21. The van der Waals surface area contributed by atoms with Crippen molar-refractivity contribution in [1.82, 2.24) is 0 Å². The van der Waals surface area contributed by atoms with Crippen LogP contribution in [0.15, 0.2) is 18.2 Å². The van der Waals surface area contributed by atoms with Gasteiger partial charge in [0.1, 0.15) is 0 Å². The van der Waals surface area contributed by atoms with Gasteiger partial charge in [-0.15, -0.1) is 0 Å². The van der Waals surface area contributed by atoms with Gasteiger partial charge in [-0.2, -0.15) is 0 Å². The molecule has 0 spiro atoms. The number of unbranched alkanes of at least 4 members (excludes halogenated alkanes) is 1. The molecule has 1 rings (SSSR count). The first-order valence-corrected chi connectivity index (χ1v) is 5.38. The van der Waals surface area contributed by atoms with Gasteiger partial charge in [-0.3, -0.25) is 0 Å². The lowest BCUT2D eigenvalue weighted by atomic mass is 10.1. The molecule has 0 saturated carbocycles. The third-order valence-electron chi connectivity index (χ3n) is 2.19. The molecule has 0 fully saturated rings. The zero-order chi connectivity index (χ0) is 10.2. The van der Waals surface area contributed by atoms with Crippen molar-refractivity contribution in [3.8, 4) is 0 Å². The normalized spacial score (nSPS) is 10.4. The van der Waals surface area contributed by atoms with E-state index >= 15 is 0 Å². The van der Waals surface area contributed by atoms with Gasteiger partial charge < -0.3 is 4.74 Å². The van der Waals surface area contributed by atoms with E-state index in [4.69, 9.17) is 4.74 Å². The zero-order valence-corrected chi connectivity index (χ0v) is 9.18. The van der Waals surface area contributed by atoms with Crippen LogP contribution in [0.25, 0.3) is 0 Å². The maximum Gasteiger partial charge on any atom is 0.0506 e. The highest BCUT2D eigenvalue weighted by Gasteiger charge is 1.93. The number of hydrogen-bond acceptors (Lipinski definition) is 1. The summed E-state index contributed by atoms with van der Waals surface area (Å²) in [7, 11) is 0. The Kier molecular flexibility index (Phi) is 5.31. The van der Waals surface area contributed by atoms with Crippen molar-refractivity contribution in [2.75, 3.05) is 13.2 Å². The fraction of sp³-hybridized carbons (Fsp3) is 0.538. The summed E-state index contributed by atoms with van der Waals surface area (Å²) in [5, 5.41) is 0. The van der Waals surface area contributed by atoms with Crippen molar-refractivity contribution >= 4 is 0 Å². The lowest BCUT2D eigenvalue weighted by molar-refractivity contribution is 0.134. The van der Waals surface area contributed by atoms with Gasteiger partial charge in [0.2, 0.25) is 0 Å². The van der Waals surface area contributed by atoms with Crippen LogP contribution in [0.4, 0.5) is 0 Å². The number of ether oxygens (including phenoxy) is 1. The molecule has 1 heteroatoms. The summed E-state index contributed by atoms with van der Waals surface area (Å²) in [5.41, 5.74) is 2.55. The maximum absolute atomic E-state index is 5.51. The Balaban J connectivity index is 2.18. The first-order chi connectivity index (χ1) is 6.83. The summed E-state index contributed by atoms with van der Waals surface area (Å²) >= 11 is 0. The Hall–Kier alpha value is -0.820. The lowest BCUT2D eigenvalue weighted by Gasteiger charge is -2.03. The molecule has 0 unspecified atom stereocenters. The molecule has 0 heterocycles. The van der Waals surface area contributed by atoms with Crippen LogP contribution in [0.2, 0.25) is 0 Å². The van der Waals surface area contributed by atoms with Crippen molar-refractivity contribution in [3.63, 3.8) is 0 Å². The second-order valence-corrected chi connectivity index (χ2v) is 3.60. The fourth-order valence-corrected chi connectivity index (χ4v) is 1.34. The lowest BCUT2D eigenvalue weighted by Crippen LogP contribution is -2.00. The van der Waals surface area contributed by atoms with Gasteiger partial charge in [0.25, 0.3) is 0 Å². The molecule has 1 aromatic rings. The zero-order valence-electron chi connectivity index (χ0n) is 9.18. The molecule has 0 aliphatic rings. The number of rotatable bonds is 6. The predicted molar refractivity (Wildman–Crippen MR) is 59.4 cm³/mol. The van der Waals surface area contributed by atoms with Crippen molar-refractivity contribution < 1.29 is 4.74 Å². The van der Waals surface area contributed by atoms with E-state index in [2.05, 4.69) is 32.0 Å². The maximum atomic E-state index is 5.51. The minimum absolute atomic E-state index is 0.837. The van der Waals surface area contributed by atoms with Gasteiger partial charge >= 0.3 is 0 Å². The molecule has 1 aromatic carbocycles. The van der Waals surface area contributed by atoms with E-state index in [1.165, 1.54) is 24.0 Å². The van der Waals surface area contributed by atoms with Crippen LogP contribution in [0.1, 0.15) is 30.9 Å². The van der Waals surface area contributed by atoms with Gasteiger partial charge in [-0.05, 0) is 37.0 Å². The van der Waals surface area contributed by atoms with Crippen LogP contribution in [0.5, 0.6) is 0 Å². The topological polar surface area (TPSA) is 9.23 Å². The van der Waals surface area contributed by atoms with Gasteiger partial charge in [0.15, 0.2) is 0 Å². The van der Waals surface area contributed by atoms with Crippen LogP contribution in [0.3, 0.4) is 0 Å². The van der Waals surface area contributed by atoms with Crippen molar-refractivity contribution in [2.45, 2.75) is 33.1 Å². The molecule has 0 atom stereocenters. The first kappa shape index (κ1) is 11.3. The van der Waals surface area contributed by atoms with Gasteiger partial charge in [0.05, 0.1) is 6.61 Å². The second-order valence-electron chi connectivity index (χ2n) is 3.60. The number of aryl methyl sites for hydroxylation is 1. The van der Waals surface area contributed by atoms with Crippen LogP contribution in [-0.4, -0.2) is 13.2 Å². The molecule has 14 heavy (non-hydrogen) atoms. The number of hydrogen-bond donors (Lipinski definition) is 0. The summed E-state index contributed by atoms with van der Waals surface area (Å²) in [6.45, 7) is 5.99. The molecule has 0 aliphatic heterocycles. The second kappa shape index (κ2) is 6.61. The van der Waals surface area contributed by atoms with E-state index in [9.17, 15) is 0 Å². The van der Waals surface area contributed by atoms with Gasteiger partial charge in [-0.25, -0.2) is 0 Å². The van der Waals surface area contributed by atoms with Crippen molar-refractivity contribution in [2.24, 2.45) is 0 Å². The predicted octanol–water partition coefficient (Wildman–Crippen LogP) is 3.15. The molecule has 0 aromatic heterocycles. The minimum Gasteiger partial charge on any atom is -0.381 e. The summed E-state index contributed by atoms with van der Waals surface area (Å²) in [6, 6.07) is 9.40. The molecule has 0 aliphatic carbocycles. The summed E-state index contributed by atoms with van der Waals surface area (Å²) in [4.78, 5) is 0. The molecule has 0 saturated heterocycles. The average molecular weight is 191 g/mol. The molecule has 0 N–H and O–H groups in total. The standard InChI is InChI=1S/C13H19O/c1-3-4-9-14-10-8-13-7-5-6-12(2)11-13/h5,7,11H,3-4,8-10H2,1-2H3. The quantitative estimate of drug-likeness (QED) is 0.628. The molecular weight excluding hydrogens is 172 g/mol. The fourth-order valence-electron chi connectivity index (χ4n) is 1.34. The van der Waals surface area contributed by atoms with E-state index in [0.717, 1.165) is 19.6 Å². The highest BCUT2D eigenvalue weighted by Crippen LogP contribution is 2.04. The Bertz CT molecular complexity index is 255. The number of benzene rings is 1. The molecule has 1 nitrogen and oxygen atoms in total. The van der Waals surface area contributed by atoms with Crippen LogP contribution in [0, 0.1) is 13.0 Å². The Labute approximate surface area is 87.1 Å². The van der Waals surface area contributed by atoms with Gasteiger partial charge in [-0.1, -0.05) is 31.5 Å². The van der Waals surface area contributed by atoms with E-state index in [1.807, 2.05) is 6.07 Å². The largest absolute Gasteiger partial charge is 0.381 e. The van der Waals surface area contributed by atoms with E-state index in [0.29, 0.717) is 0 Å². The molecule has 0 bridgehead atoms. The monoisotopic (exact) mass is 191 g/mol. The summed E-state index contributed by atoms with van der Waals surface area (Å²) in [6.07, 6.45) is 3.39. The Morgan fingerprint density at radius 1 is 1.36 bits per heavy atom. The molecule has 77 valence electrons. The van der Waals surface area contributed by atoms with Gasteiger partial charge in [0, 0.05) is 6.61 Å². The van der Waals surface area contributed by atoms with E-state index in [1.54, 1.807) is 0 Å². The van der Waals surface area contributed by atoms with Crippen LogP contribution >= 0.6 is 0 Å². The van der Waals surface area contributed by atoms with Crippen LogP contribution < -0.4 is 0 Å². The van der Waals surface area contributed by atoms with E-state index in [-0.39, 0.29) is 0 Å². The SMILES string of the molecule is CCCCOCCc1cc[c]c(C)c1. The first-order valence-electron chi connectivity index (χ1n) is 5.38. The average Bonchev–Trinajstić information content (AvgIpc) is 2.18. The minimum atomic E-state index is 0.837. The summed E-state index contributed by atoms with van der Waals surface area (Å²) < 4.78 is 5.51. The third-order valence-corrected chi connectivity index (χ3v) is 2.19. The highest BCUT2D eigenvalue weighted by atomic mass is 16.5. The Morgan fingerprint density at radius 2 is 2.21 bits per heavy atom. The molecule has 1 radical (unpaired) electrons. The van der Waals surface area contributed by atoms with E-state index < -0.39 is 0 Å². The summed E-state index contributed by atoms with van der Waals surface area (Å²) in [5.74, 6) is 0. The molecule has 0 amide bonds. The third kappa shape index (κ3) is 4.43. The smallest absolute Gasteiger partial charge is 0.0506 e. The van der Waals surface area contributed by atoms with Crippen molar-refractivity contribution in [1.29, 1.82) is 0 Å². The Morgan fingerprint density at radius 3 is 2.93 bits per heavy atom. The molecular formula is C13H19O. The van der Waals surface area contributed by atoms with Crippen LogP contribution in [-0.2, 0) is 11.2 Å². The van der Waals surface area contributed by atoms with Crippen molar-refractivity contribution in [3.05, 3.63) is 35.4 Å².